The molecule has 2 N–H and O–H groups in total. The summed E-state index contributed by atoms with van der Waals surface area (Å²) in [5.74, 6) is 0.394. The number of aliphatic hydroxyl groups is 1. The number of nitrogens with one attached hydrogen (secondary N) is 1. The van der Waals surface area contributed by atoms with Crippen molar-refractivity contribution in [2.24, 2.45) is 5.92 Å². The summed E-state index contributed by atoms with van der Waals surface area (Å²) in [5.41, 5.74) is -0.0934. The largest absolute Gasteiger partial charge is 0.389 e. The summed E-state index contributed by atoms with van der Waals surface area (Å²) >= 11 is 0. The minimum Gasteiger partial charge on any atom is -0.389 e. The molecule has 1 aromatic carbocycles. The molecule has 1 amide bonds. The van der Waals surface area contributed by atoms with E-state index in [1.54, 1.807) is 68.9 Å². The monoisotopic (exact) mass is 461 g/mol. The van der Waals surface area contributed by atoms with Crippen molar-refractivity contribution in [1.29, 1.82) is 0 Å². The summed E-state index contributed by atoms with van der Waals surface area (Å²) in [6, 6.07) is 8.46. The van der Waals surface area contributed by atoms with Crippen molar-refractivity contribution in [2.45, 2.75) is 88.0 Å². The lowest BCUT2D eigenvalue weighted by molar-refractivity contribution is -0.118. The van der Waals surface area contributed by atoms with Gasteiger partial charge in [0.1, 0.15) is 0 Å². The van der Waals surface area contributed by atoms with Crippen LogP contribution in [-0.4, -0.2) is 40.1 Å². The molecule has 1 aromatic heterocycles. The predicted molar refractivity (Wildman–Crippen MR) is 125 cm³/mol. The first-order chi connectivity index (χ1) is 15.0. The van der Waals surface area contributed by atoms with Gasteiger partial charge in [-0.05, 0) is 57.7 Å². The third-order valence-corrected chi connectivity index (χ3v) is 8.20. The molecule has 0 aliphatic heterocycles. The van der Waals surface area contributed by atoms with Gasteiger partial charge in [0, 0.05) is 12.3 Å². The zero-order chi connectivity index (χ0) is 23.5. The van der Waals surface area contributed by atoms with Gasteiger partial charge in [0.25, 0.3) is 0 Å². The molecule has 0 bridgehead atoms. The van der Waals surface area contributed by atoms with Gasteiger partial charge in [0.15, 0.2) is 15.7 Å². The van der Waals surface area contributed by atoms with Gasteiger partial charge in [0.2, 0.25) is 5.91 Å². The number of amides is 1. The van der Waals surface area contributed by atoms with Crippen molar-refractivity contribution in [1.82, 2.24) is 9.78 Å². The Labute approximate surface area is 191 Å². The number of hydrogen-bond donors (Lipinski definition) is 2. The van der Waals surface area contributed by atoms with E-state index in [-0.39, 0.29) is 16.7 Å². The molecule has 1 aliphatic carbocycles. The maximum Gasteiger partial charge on any atom is 0.233 e. The van der Waals surface area contributed by atoms with Crippen LogP contribution in [-0.2, 0) is 21.2 Å². The fourth-order valence-electron chi connectivity index (χ4n) is 4.26. The fraction of sp³-hybridized carbons (Fsp3) is 0.583. The number of hydrogen-bond acceptors (Lipinski definition) is 5. The van der Waals surface area contributed by atoms with Gasteiger partial charge in [-0.3, -0.25) is 9.48 Å². The van der Waals surface area contributed by atoms with Gasteiger partial charge < -0.3 is 10.4 Å². The van der Waals surface area contributed by atoms with E-state index in [4.69, 9.17) is 0 Å². The molecule has 2 aromatic rings. The van der Waals surface area contributed by atoms with Crippen LogP contribution in [0.1, 0.15) is 71.3 Å². The highest BCUT2D eigenvalue weighted by Gasteiger charge is 2.28. The SMILES string of the molecule is CC(C)S(=O)(=O)c1ccc([C@@H](CC2CCCC2)C(=O)Nc2ccn(CC(C)(C)O)n2)cc1. The molecular formula is C24H35N3O4S. The van der Waals surface area contributed by atoms with E-state index in [1.165, 1.54) is 12.8 Å². The van der Waals surface area contributed by atoms with Crippen LogP contribution in [0.5, 0.6) is 0 Å². The van der Waals surface area contributed by atoms with Gasteiger partial charge >= 0.3 is 0 Å². The third kappa shape index (κ3) is 6.19. The number of rotatable bonds is 9. The number of anilines is 1. The number of carbonyl (C=O) groups excluding carboxylic acids is 1. The van der Waals surface area contributed by atoms with Crippen molar-refractivity contribution in [2.75, 3.05) is 5.32 Å². The van der Waals surface area contributed by atoms with Crippen LogP contribution >= 0.6 is 0 Å². The maximum absolute atomic E-state index is 13.3. The second kappa shape index (κ2) is 9.75. The summed E-state index contributed by atoms with van der Waals surface area (Å²) in [6.45, 7) is 7.05. The Bertz CT molecular complexity index is 1010. The highest BCUT2D eigenvalue weighted by Crippen LogP contribution is 2.35. The number of carbonyl (C=O) groups is 1. The van der Waals surface area contributed by atoms with Crippen LogP contribution < -0.4 is 5.32 Å². The highest BCUT2D eigenvalue weighted by molar-refractivity contribution is 7.92. The third-order valence-electron chi connectivity index (χ3n) is 6.03. The van der Waals surface area contributed by atoms with Crippen LogP contribution in [0.15, 0.2) is 41.4 Å². The van der Waals surface area contributed by atoms with E-state index in [1.807, 2.05) is 0 Å². The van der Waals surface area contributed by atoms with E-state index >= 15 is 0 Å². The van der Waals surface area contributed by atoms with Crippen LogP contribution in [0.2, 0.25) is 0 Å². The van der Waals surface area contributed by atoms with Crippen molar-refractivity contribution in [3.63, 3.8) is 0 Å². The Morgan fingerprint density at radius 3 is 2.38 bits per heavy atom. The van der Waals surface area contributed by atoms with Crippen molar-refractivity contribution >= 4 is 21.6 Å². The number of nitrogens with zero attached hydrogens (tertiary/aromatic N) is 2. The second-order valence-electron chi connectivity index (χ2n) is 9.80. The van der Waals surface area contributed by atoms with E-state index in [0.29, 0.717) is 18.3 Å². The molecule has 1 atom stereocenters. The maximum atomic E-state index is 13.3. The Kier molecular flexibility index (Phi) is 7.45. The molecule has 1 aliphatic rings. The smallest absolute Gasteiger partial charge is 0.233 e. The van der Waals surface area contributed by atoms with Crippen molar-refractivity contribution in [3.8, 4) is 0 Å². The number of aromatic nitrogens is 2. The molecule has 3 rings (SSSR count). The molecule has 1 fully saturated rings. The first-order valence-corrected chi connectivity index (χ1v) is 12.9. The average molecular weight is 462 g/mol. The number of benzene rings is 1. The molecule has 7 nitrogen and oxygen atoms in total. The summed E-state index contributed by atoms with van der Waals surface area (Å²) in [7, 11) is -3.36. The molecule has 176 valence electrons. The summed E-state index contributed by atoms with van der Waals surface area (Å²) in [4.78, 5) is 13.5. The zero-order valence-corrected chi connectivity index (χ0v) is 20.2. The molecule has 8 heteroatoms. The van der Waals surface area contributed by atoms with Gasteiger partial charge in [-0.25, -0.2) is 8.42 Å². The molecule has 0 spiro atoms. The molecular weight excluding hydrogens is 426 g/mol. The van der Waals surface area contributed by atoms with Crippen LogP contribution in [0, 0.1) is 5.92 Å². The van der Waals surface area contributed by atoms with Crippen LogP contribution in [0.4, 0.5) is 5.82 Å². The zero-order valence-electron chi connectivity index (χ0n) is 19.4. The molecule has 32 heavy (non-hydrogen) atoms. The van der Waals surface area contributed by atoms with E-state index in [0.717, 1.165) is 24.8 Å². The van der Waals surface area contributed by atoms with Gasteiger partial charge in [-0.1, -0.05) is 37.8 Å². The Morgan fingerprint density at radius 1 is 1.19 bits per heavy atom. The van der Waals surface area contributed by atoms with E-state index in [9.17, 15) is 18.3 Å². The second-order valence-corrected chi connectivity index (χ2v) is 12.3. The van der Waals surface area contributed by atoms with Gasteiger partial charge in [0.05, 0.1) is 28.2 Å². The Balaban J connectivity index is 1.80. The first-order valence-electron chi connectivity index (χ1n) is 11.4. The topological polar surface area (TPSA) is 101 Å². The normalized spacial score (nSPS) is 16.4. The fourth-order valence-corrected chi connectivity index (χ4v) is 5.32. The lowest BCUT2D eigenvalue weighted by Gasteiger charge is -2.21. The van der Waals surface area contributed by atoms with E-state index in [2.05, 4.69) is 10.4 Å². The van der Waals surface area contributed by atoms with E-state index < -0.39 is 20.7 Å². The highest BCUT2D eigenvalue weighted by atomic mass is 32.2. The minimum absolute atomic E-state index is 0.148. The molecule has 0 unspecified atom stereocenters. The van der Waals surface area contributed by atoms with Crippen LogP contribution in [0.25, 0.3) is 0 Å². The predicted octanol–water partition coefficient (Wildman–Crippen LogP) is 4.14. The minimum atomic E-state index is -3.36. The molecule has 1 heterocycles. The van der Waals surface area contributed by atoms with Gasteiger partial charge in [-0.2, -0.15) is 5.10 Å². The summed E-state index contributed by atoms with van der Waals surface area (Å²) < 4.78 is 26.5. The quantitative estimate of drug-likeness (QED) is 0.584. The standard InChI is InChI=1S/C24H35N3O4S/c1-17(2)32(30,31)20-11-9-19(10-12-20)21(15-18-7-5-6-8-18)23(28)25-22-13-14-27(26-22)16-24(3,4)29/h9-14,17-18,21,29H,5-8,15-16H2,1-4H3,(H,25,26,28)/t21-/m1/s1. The van der Waals surface area contributed by atoms with Crippen LogP contribution in [0.3, 0.4) is 0 Å². The van der Waals surface area contributed by atoms with Gasteiger partial charge in [-0.15, -0.1) is 0 Å². The Morgan fingerprint density at radius 2 is 1.81 bits per heavy atom. The summed E-state index contributed by atoms with van der Waals surface area (Å²) in [5, 5.41) is 16.8. The average Bonchev–Trinajstić information content (AvgIpc) is 3.36. The molecule has 0 radical (unpaired) electrons. The lowest BCUT2D eigenvalue weighted by atomic mass is 9.87. The lowest BCUT2D eigenvalue weighted by Crippen LogP contribution is -2.27. The van der Waals surface area contributed by atoms with Crippen molar-refractivity contribution < 1.29 is 18.3 Å². The molecule has 1 saturated carbocycles. The summed E-state index contributed by atoms with van der Waals surface area (Å²) in [6.07, 6.45) is 7.06. The van der Waals surface area contributed by atoms with Crippen molar-refractivity contribution in [3.05, 3.63) is 42.1 Å². The molecule has 0 saturated heterocycles. The Hall–Kier alpha value is -2.19. The first kappa shape index (κ1) is 24.5. The number of sulfone groups is 1.